The summed E-state index contributed by atoms with van der Waals surface area (Å²) in [5.74, 6) is 2.31. The topological polar surface area (TPSA) is 55.6 Å². The van der Waals surface area contributed by atoms with E-state index in [0.717, 1.165) is 35.9 Å². The highest BCUT2D eigenvalue weighted by Gasteiger charge is 2.34. The Morgan fingerprint density at radius 2 is 2.35 bits per heavy atom. The lowest BCUT2D eigenvalue weighted by Gasteiger charge is -2.37. The molecule has 23 heavy (non-hydrogen) atoms. The van der Waals surface area contributed by atoms with E-state index in [9.17, 15) is 4.79 Å². The van der Waals surface area contributed by atoms with Crippen LogP contribution in [0.5, 0.6) is 0 Å². The maximum absolute atomic E-state index is 12.9. The monoisotopic (exact) mass is 334 g/mol. The maximum Gasteiger partial charge on any atom is 0.273 e. The Hall–Kier alpha value is -1.66. The molecule has 124 valence electrons. The van der Waals surface area contributed by atoms with Gasteiger partial charge in [-0.05, 0) is 37.8 Å². The van der Waals surface area contributed by atoms with Gasteiger partial charge < -0.3 is 14.1 Å². The van der Waals surface area contributed by atoms with E-state index in [1.807, 2.05) is 29.3 Å². The van der Waals surface area contributed by atoms with Crippen molar-refractivity contribution in [1.29, 1.82) is 0 Å². The van der Waals surface area contributed by atoms with Crippen LogP contribution in [0.1, 0.15) is 52.8 Å². The van der Waals surface area contributed by atoms with E-state index in [0.29, 0.717) is 18.2 Å². The molecule has 6 heteroatoms. The van der Waals surface area contributed by atoms with Crippen LogP contribution >= 0.6 is 11.3 Å². The van der Waals surface area contributed by atoms with Gasteiger partial charge in [0.05, 0.1) is 12.6 Å². The lowest BCUT2D eigenvalue weighted by Crippen LogP contribution is -2.40. The number of piperidine rings is 1. The van der Waals surface area contributed by atoms with Crippen molar-refractivity contribution in [1.82, 2.24) is 9.88 Å². The third-order valence-corrected chi connectivity index (χ3v) is 5.08. The third-order valence-electron chi connectivity index (χ3n) is 4.25. The second-order valence-electron chi connectivity index (χ2n) is 6.15. The van der Waals surface area contributed by atoms with Crippen molar-refractivity contribution in [2.45, 2.75) is 39.3 Å². The average Bonchev–Trinajstić information content (AvgIpc) is 3.16. The first-order valence-corrected chi connectivity index (χ1v) is 8.77. The largest absolute Gasteiger partial charge is 0.464 e. The summed E-state index contributed by atoms with van der Waals surface area (Å²) in [5.41, 5.74) is 0.505. The predicted octanol–water partition coefficient (Wildman–Crippen LogP) is 3.80. The number of likely N-dealkylation sites (tertiary alicyclic amines) is 1. The highest BCUT2D eigenvalue weighted by Crippen LogP contribution is 2.35. The van der Waals surface area contributed by atoms with E-state index in [-0.39, 0.29) is 11.9 Å². The number of hydrogen-bond acceptors (Lipinski definition) is 5. The van der Waals surface area contributed by atoms with E-state index < -0.39 is 0 Å². The van der Waals surface area contributed by atoms with E-state index in [1.165, 1.54) is 11.3 Å². The van der Waals surface area contributed by atoms with E-state index in [1.54, 1.807) is 7.11 Å². The van der Waals surface area contributed by atoms with E-state index in [4.69, 9.17) is 9.15 Å². The molecule has 0 radical (unpaired) electrons. The van der Waals surface area contributed by atoms with Gasteiger partial charge in [0.2, 0.25) is 0 Å². The molecule has 1 fully saturated rings. The van der Waals surface area contributed by atoms with Crippen molar-refractivity contribution >= 4 is 17.2 Å². The maximum atomic E-state index is 12.9. The van der Waals surface area contributed by atoms with Gasteiger partial charge in [-0.25, -0.2) is 4.98 Å². The van der Waals surface area contributed by atoms with Crippen LogP contribution in [0.2, 0.25) is 0 Å². The van der Waals surface area contributed by atoms with Gasteiger partial charge in [-0.3, -0.25) is 4.79 Å². The fourth-order valence-electron chi connectivity index (χ4n) is 3.03. The van der Waals surface area contributed by atoms with E-state index >= 15 is 0 Å². The molecule has 1 amide bonds. The third kappa shape index (κ3) is 3.48. The van der Waals surface area contributed by atoms with Gasteiger partial charge in [-0.15, -0.1) is 11.3 Å². The Kier molecular flexibility index (Phi) is 4.82. The Labute approximate surface area is 140 Å². The van der Waals surface area contributed by atoms with E-state index in [2.05, 4.69) is 11.9 Å². The van der Waals surface area contributed by atoms with Crippen LogP contribution in [0.3, 0.4) is 0 Å². The Bertz CT molecular complexity index is 679. The summed E-state index contributed by atoms with van der Waals surface area (Å²) in [6.45, 7) is 5.33. The quantitative estimate of drug-likeness (QED) is 0.853. The van der Waals surface area contributed by atoms with Crippen LogP contribution in [0.4, 0.5) is 0 Å². The van der Waals surface area contributed by atoms with Crippen LogP contribution in [0.15, 0.2) is 21.9 Å². The van der Waals surface area contributed by atoms with Crippen molar-refractivity contribution in [2.24, 2.45) is 5.92 Å². The number of methoxy groups -OCH3 is 1. The zero-order chi connectivity index (χ0) is 16.4. The summed E-state index contributed by atoms with van der Waals surface area (Å²) in [5, 5.41) is 2.64. The minimum atomic E-state index is -0.0189. The first-order chi connectivity index (χ1) is 11.1. The van der Waals surface area contributed by atoms with Crippen LogP contribution in [0.25, 0.3) is 0 Å². The summed E-state index contributed by atoms with van der Waals surface area (Å²) in [7, 11) is 1.63. The van der Waals surface area contributed by atoms with Crippen molar-refractivity contribution in [3.05, 3.63) is 39.7 Å². The second-order valence-corrected chi connectivity index (χ2v) is 7.09. The number of carbonyl (C=O) groups excluding carboxylic acids is 1. The van der Waals surface area contributed by atoms with Crippen LogP contribution in [0, 0.1) is 12.8 Å². The second kappa shape index (κ2) is 6.84. The fourth-order valence-corrected chi connectivity index (χ4v) is 3.77. The number of aromatic nitrogens is 1. The molecule has 2 atom stereocenters. The summed E-state index contributed by atoms with van der Waals surface area (Å²) < 4.78 is 10.9. The standard InChI is InChI=1S/C17H22N2O3S/c1-11-6-7-19(14(8-11)15-5-4-12(2)22-15)17(20)13-10-23-16(18-13)9-21-3/h4-5,10-11,14H,6-9H2,1-3H3/t11-,14-/m1/s1. The molecule has 0 spiro atoms. The minimum Gasteiger partial charge on any atom is -0.464 e. The predicted molar refractivity (Wildman–Crippen MR) is 88.4 cm³/mol. The van der Waals surface area contributed by atoms with Gasteiger partial charge in [0.15, 0.2) is 0 Å². The van der Waals surface area contributed by atoms with Gasteiger partial charge in [0, 0.05) is 19.0 Å². The SMILES string of the molecule is COCc1nc(C(=O)N2CC[C@@H](C)C[C@@H]2c2ccc(C)o2)cs1. The van der Waals surface area contributed by atoms with Crippen LogP contribution in [-0.2, 0) is 11.3 Å². The molecule has 0 aromatic carbocycles. The molecule has 1 aliphatic rings. The number of rotatable bonds is 4. The van der Waals surface area contributed by atoms with Gasteiger partial charge in [0.1, 0.15) is 22.2 Å². The van der Waals surface area contributed by atoms with Gasteiger partial charge >= 0.3 is 0 Å². The number of aryl methyl sites for hydroxylation is 1. The summed E-state index contributed by atoms with van der Waals surface area (Å²) in [4.78, 5) is 19.2. The summed E-state index contributed by atoms with van der Waals surface area (Å²) >= 11 is 1.46. The zero-order valence-corrected chi connectivity index (χ0v) is 14.6. The number of hydrogen-bond donors (Lipinski definition) is 0. The Morgan fingerprint density at radius 1 is 1.52 bits per heavy atom. The van der Waals surface area contributed by atoms with Crippen molar-refractivity contribution in [3.63, 3.8) is 0 Å². The lowest BCUT2D eigenvalue weighted by molar-refractivity contribution is 0.0513. The molecule has 5 nitrogen and oxygen atoms in total. The number of ether oxygens (including phenoxy) is 1. The normalized spacial score (nSPS) is 21.6. The van der Waals surface area contributed by atoms with Crippen LogP contribution < -0.4 is 0 Å². The molecule has 0 bridgehead atoms. The Balaban J connectivity index is 1.83. The smallest absolute Gasteiger partial charge is 0.273 e. The molecular formula is C17H22N2O3S. The van der Waals surface area contributed by atoms with Crippen LogP contribution in [-0.4, -0.2) is 29.4 Å². The highest BCUT2D eigenvalue weighted by atomic mass is 32.1. The van der Waals surface area contributed by atoms with Gasteiger partial charge in [-0.1, -0.05) is 6.92 Å². The molecule has 0 aliphatic carbocycles. The molecule has 0 saturated carbocycles. The summed E-state index contributed by atoms with van der Waals surface area (Å²) in [6, 6.07) is 3.93. The summed E-state index contributed by atoms with van der Waals surface area (Å²) in [6.07, 6.45) is 1.94. The number of amides is 1. The number of carbonyl (C=O) groups is 1. The number of nitrogens with zero attached hydrogens (tertiary/aromatic N) is 2. The molecule has 1 aliphatic heterocycles. The molecule has 3 heterocycles. The zero-order valence-electron chi connectivity index (χ0n) is 13.7. The van der Waals surface area contributed by atoms with Gasteiger partial charge in [0.25, 0.3) is 5.91 Å². The molecule has 2 aromatic rings. The number of thiazole rings is 1. The molecule has 1 saturated heterocycles. The highest BCUT2D eigenvalue weighted by molar-refractivity contribution is 7.09. The van der Waals surface area contributed by atoms with Crippen molar-refractivity contribution < 1.29 is 13.9 Å². The molecule has 3 rings (SSSR count). The van der Waals surface area contributed by atoms with Crippen molar-refractivity contribution in [2.75, 3.05) is 13.7 Å². The molecule has 0 N–H and O–H groups in total. The first-order valence-electron chi connectivity index (χ1n) is 7.89. The average molecular weight is 334 g/mol. The lowest BCUT2D eigenvalue weighted by atomic mass is 9.91. The van der Waals surface area contributed by atoms with Crippen molar-refractivity contribution in [3.8, 4) is 0 Å². The molecular weight excluding hydrogens is 312 g/mol. The fraction of sp³-hybridized carbons (Fsp3) is 0.529. The molecule has 2 aromatic heterocycles. The minimum absolute atomic E-state index is 0.00692. The molecule has 0 unspecified atom stereocenters. The number of furan rings is 1. The Morgan fingerprint density at radius 3 is 3.04 bits per heavy atom. The first kappa shape index (κ1) is 16.2. The van der Waals surface area contributed by atoms with Gasteiger partial charge in [-0.2, -0.15) is 0 Å².